The SMILES string of the molecule is COc1cc(OC)cc(-c2ccc(Cl)c(C(=O)O)c2)c1. The smallest absolute Gasteiger partial charge is 0.337 e. The Morgan fingerprint density at radius 1 is 1.00 bits per heavy atom. The molecular formula is C15H13ClO4. The molecule has 2 aromatic rings. The molecule has 0 heterocycles. The summed E-state index contributed by atoms with van der Waals surface area (Å²) in [6, 6.07) is 10.2. The summed E-state index contributed by atoms with van der Waals surface area (Å²) in [7, 11) is 3.12. The molecular weight excluding hydrogens is 280 g/mol. The van der Waals surface area contributed by atoms with Gasteiger partial charge in [-0.05, 0) is 35.4 Å². The summed E-state index contributed by atoms with van der Waals surface area (Å²) < 4.78 is 10.4. The maximum absolute atomic E-state index is 11.1. The van der Waals surface area contributed by atoms with Crippen LogP contribution >= 0.6 is 11.6 Å². The van der Waals surface area contributed by atoms with Gasteiger partial charge in [0.2, 0.25) is 0 Å². The van der Waals surface area contributed by atoms with E-state index in [1.54, 1.807) is 44.6 Å². The van der Waals surface area contributed by atoms with Crippen molar-refractivity contribution in [1.82, 2.24) is 0 Å². The van der Waals surface area contributed by atoms with E-state index in [1.807, 2.05) is 0 Å². The first kappa shape index (κ1) is 14.2. The highest BCUT2D eigenvalue weighted by Crippen LogP contribution is 2.31. The van der Waals surface area contributed by atoms with E-state index in [1.165, 1.54) is 6.07 Å². The Kier molecular flexibility index (Phi) is 4.15. The molecule has 0 aromatic heterocycles. The van der Waals surface area contributed by atoms with Crippen molar-refractivity contribution < 1.29 is 19.4 Å². The highest BCUT2D eigenvalue weighted by Gasteiger charge is 2.11. The molecule has 0 fully saturated rings. The Morgan fingerprint density at radius 3 is 2.10 bits per heavy atom. The van der Waals surface area contributed by atoms with Crippen molar-refractivity contribution in [1.29, 1.82) is 0 Å². The van der Waals surface area contributed by atoms with Crippen molar-refractivity contribution in [3.63, 3.8) is 0 Å². The molecule has 0 saturated heterocycles. The van der Waals surface area contributed by atoms with Gasteiger partial charge >= 0.3 is 5.97 Å². The Labute approximate surface area is 121 Å². The fourth-order valence-corrected chi connectivity index (χ4v) is 2.04. The third kappa shape index (κ3) is 2.86. The van der Waals surface area contributed by atoms with Crippen LogP contribution in [0.2, 0.25) is 5.02 Å². The van der Waals surface area contributed by atoms with E-state index < -0.39 is 5.97 Å². The van der Waals surface area contributed by atoms with Crippen LogP contribution in [0.25, 0.3) is 11.1 Å². The zero-order valence-corrected chi connectivity index (χ0v) is 11.8. The Bertz CT molecular complexity index is 630. The normalized spacial score (nSPS) is 10.2. The molecule has 0 atom stereocenters. The van der Waals surface area contributed by atoms with Gasteiger partial charge in [-0.1, -0.05) is 17.7 Å². The molecule has 0 bridgehead atoms. The standard InChI is InChI=1S/C15H13ClO4/c1-19-11-5-10(6-12(8-11)20-2)9-3-4-14(16)13(7-9)15(17)18/h3-8H,1-2H3,(H,17,18). The van der Waals surface area contributed by atoms with Crippen molar-refractivity contribution in [2.75, 3.05) is 14.2 Å². The van der Waals surface area contributed by atoms with Crippen molar-refractivity contribution >= 4 is 17.6 Å². The van der Waals surface area contributed by atoms with E-state index in [4.69, 9.17) is 26.2 Å². The minimum atomic E-state index is -1.06. The molecule has 0 amide bonds. The summed E-state index contributed by atoms with van der Waals surface area (Å²) in [6.07, 6.45) is 0. The lowest BCUT2D eigenvalue weighted by atomic mass is 10.0. The molecule has 1 N–H and O–H groups in total. The number of hydrogen-bond donors (Lipinski definition) is 1. The lowest BCUT2D eigenvalue weighted by Gasteiger charge is -2.09. The number of rotatable bonds is 4. The van der Waals surface area contributed by atoms with Crippen LogP contribution in [-0.2, 0) is 0 Å². The van der Waals surface area contributed by atoms with Crippen LogP contribution in [-0.4, -0.2) is 25.3 Å². The van der Waals surface area contributed by atoms with E-state index in [9.17, 15) is 4.79 Å². The Hall–Kier alpha value is -2.20. The Morgan fingerprint density at radius 2 is 1.60 bits per heavy atom. The van der Waals surface area contributed by atoms with Crippen molar-refractivity contribution in [3.8, 4) is 22.6 Å². The van der Waals surface area contributed by atoms with Crippen LogP contribution in [0.1, 0.15) is 10.4 Å². The number of aromatic carboxylic acids is 1. The minimum absolute atomic E-state index is 0.0611. The van der Waals surface area contributed by atoms with E-state index in [0.717, 1.165) is 11.1 Å². The van der Waals surface area contributed by atoms with Crippen molar-refractivity contribution in [2.24, 2.45) is 0 Å². The zero-order valence-electron chi connectivity index (χ0n) is 11.0. The van der Waals surface area contributed by atoms with E-state index in [0.29, 0.717) is 11.5 Å². The van der Waals surface area contributed by atoms with Crippen LogP contribution < -0.4 is 9.47 Å². The molecule has 4 nitrogen and oxygen atoms in total. The molecule has 20 heavy (non-hydrogen) atoms. The maximum atomic E-state index is 11.1. The second-order valence-corrected chi connectivity index (χ2v) is 4.51. The highest BCUT2D eigenvalue weighted by molar-refractivity contribution is 6.33. The molecule has 0 spiro atoms. The van der Waals surface area contributed by atoms with Crippen LogP contribution in [0.15, 0.2) is 36.4 Å². The monoisotopic (exact) mass is 292 g/mol. The molecule has 0 aliphatic heterocycles. The van der Waals surface area contributed by atoms with Gasteiger partial charge in [-0.2, -0.15) is 0 Å². The second-order valence-electron chi connectivity index (χ2n) is 4.10. The summed E-state index contributed by atoms with van der Waals surface area (Å²) >= 11 is 5.87. The summed E-state index contributed by atoms with van der Waals surface area (Å²) in [5, 5.41) is 9.31. The van der Waals surface area contributed by atoms with Gasteiger partial charge in [-0.15, -0.1) is 0 Å². The number of hydrogen-bond acceptors (Lipinski definition) is 3. The van der Waals surface area contributed by atoms with Crippen LogP contribution in [0.4, 0.5) is 0 Å². The summed E-state index contributed by atoms with van der Waals surface area (Å²) in [4.78, 5) is 11.1. The first-order valence-electron chi connectivity index (χ1n) is 5.81. The first-order valence-corrected chi connectivity index (χ1v) is 6.19. The number of ether oxygens (including phenoxy) is 2. The molecule has 2 aromatic carbocycles. The third-order valence-corrected chi connectivity index (χ3v) is 3.21. The minimum Gasteiger partial charge on any atom is -0.497 e. The fourth-order valence-electron chi connectivity index (χ4n) is 1.84. The largest absolute Gasteiger partial charge is 0.497 e. The van der Waals surface area contributed by atoms with Crippen molar-refractivity contribution in [3.05, 3.63) is 47.0 Å². The summed E-state index contributed by atoms with van der Waals surface area (Å²) in [5.41, 5.74) is 1.58. The van der Waals surface area contributed by atoms with Crippen molar-refractivity contribution in [2.45, 2.75) is 0 Å². The van der Waals surface area contributed by atoms with E-state index in [-0.39, 0.29) is 10.6 Å². The average Bonchev–Trinajstić information content (AvgIpc) is 2.46. The van der Waals surface area contributed by atoms with Gasteiger partial charge in [0.05, 0.1) is 24.8 Å². The molecule has 2 rings (SSSR count). The number of benzene rings is 2. The first-order chi connectivity index (χ1) is 9.55. The Balaban J connectivity index is 2.56. The number of carboxylic acid groups (broad SMARTS) is 1. The molecule has 0 aliphatic carbocycles. The summed E-state index contributed by atoms with van der Waals surface area (Å²) in [6.45, 7) is 0. The van der Waals surface area contributed by atoms with Gasteiger partial charge in [-0.25, -0.2) is 4.79 Å². The van der Waals surface area contributed by atoms with Crippen LogP contribution in [0.3, 0.4) is 0 Å². The number of methoxy groups -OCH3 is 2. The molecule has 0 radical (unpaired) electrons. The molecule has 104 valence electrons. The van der Waals surface area contributed by atoms with Crippen LogP contribution in [0.5, 0.6) is 11.5 Å². The van der Waals surface area contributed by atoms with Gasteiger partial charge in [-0.3, -0.25) is 0 Å². The quantitative estimate of drug-likeness (QED) is 0.933. The average molecular weight is 293 g/mol. The van der Waals surface area contributed by atoms with E-state index >= 15 is 0 Å². The van der Waals surface area contributed by atoms with E-state index in [2.05, 4.69) is 0 Å². The predicted molar refractivity (Wildman–Crippen MR) is 77.0 cm³/mol. The number of carboxylic acids is 1. The lowest BCUT2D eigenvalue weighted by Crippen LogP contribution is -1.98. The molecule has 0 aliphatic rings. The molecule has 0 unspecified atom stereocenters. The number of carbonyl (C=O) groups is 1. The second kappa shape index (κ2) is 5.84. The van der Waals surface area contributed by atoms with Gasteiger partial charge < -0.3 is 14.6 Å². The van der Waals surface area contributed by atoms with Gasteiger partial charge in [0.15, 0.2) is 0 Å². The molecule has 5 heteroatoms. The number of halogens is 1. The predicted octanol–water partition coefficient (Wildman–Crippen LogP) is 3.72. The van der Waals surface area contributed by atoms with Crippen LogP contribution in [0, 0.1) is 0 Å². The molecule has 0 saturated carbocycles. The zero-order chi connectivity index (χ0) is 14.7. The lowest BCUT2D eigenvalue weighted by molar-refractivity contribution is 0.0697. The third-order valence-electron chi connectivity index (χ3n) is 2.88. The summed E-state index contributed by atoms with van der Waals surface area (Å²) in [5.74, 6) is 0.198. The van der Waals surface area contributed by atoms with Gasteiger partial charge in [0, 0.05) is 6.07 Å². The fraction of sp³-hybridized carbons (Fsp3) is 0.133. The maximum Gasteiger partial charge on any atom is 0.337 e. The van der Waals surface area contributed by atoms with Gasteiger partial charge in [0.25, 0.3) is 0 Å². The van der Waals surface area contributed by atoms with Gasteiger partial charge in [0.1, 0.15) is 11.5 Å². The highest BCUT2D eigenvalue weighted by atomic mass is 35.5. The topological polar surface area (TPSA) is 55.8 Å².